The van der Waals surface area contributed by atoms with Crippen LogP contribution in [0.3, 0.4) is 0 Å². The van der Waals surface area contributed by atoms with E-state index in [2.05, 4.69) is 10.0 Å². The largest absolute Gasteiger partial charge is 0.354 e. The van der Waals surface area contributed by atoms with E-state index in [9.17, 15) is 23.3 Å². The van der Waals surface area contributed by atoms with Crippen molar-refractivity contribution in [2.45, 2.75) is 29.6 Å². The summed E-state index contributed by atoms with van der Waals surface area (Å²) in [5, 5.41) is 13.6. The number of nitro groups is 1. The van der Waals surface area contributed by atoms with E-state index < -0.39 is 20.4 Å². The third-order valence-corrected chi connectivity index (χ3v) is 6.47. The monoisotopic (exact) mass is 403 g/mol. The first-order chi connectivity index (χ1) is 13.3. The second-order valence-corrected chi connectivity index (χ2v) is 8.48. The van der Waals surface area contributed by atoms with Gasteiger partial charge >= 0.3 is 0 Å². The number of benzene rings is 2. The Bertz CT molecular complexity index is 972. The minimum Gasteiger partial charge on any atom is -0.354 e. The molecule has 148 valence electrons. The Morgan fingerprint density at radius 3 is 2.39 bits per heavy atom. The summed E-state index contributed by atoms with van der Waals surface area (Å²) in [6.45, 7) is 0.114. The Hall–Kier alpha value is -2.78. The Balaban J connectivity index is 1.57. The molecule has 1 amide bonds. The maximum Gasteiger partial charge on any atom is 0.270 e. The summed E-state index contributed by atoms with van der Waals surface area (Å²) in [6, 6.07) is 14.4. The Morgan fingerprint density at radius 2 is 1.79 bits per heavy atom. The molecule has 0 unspecified atom stereocenters. The van der Waals surface area contributed by atoms with Crippen molar-refractivity contribution in [3.63, 3.8) is 0 Å². The van der Waals surface area contributed by atoms with E-state index in [1.54, 1.807) is 0 Å². The van der Waals surface area contributed by atoms with E-state index in [-0.39, 0.29) is 29.6 Å². The van der Waals surface area contributed by atoms with Crippen molar-refractivity contribution >= 4 is 21.6 Å². The molecule has 0 aliphatic heterocycles. The number of carbonyl (C=O) groups excluding carboxylic acids is 1. The molecule has 0 bridgehead atoms. The first-order valence-corrected chi connectivity index (χ1v) is 10.4. The molecule has 2 aromatic carbocycles. The molecule has 2 N–H and O–H groups in total. The van der Waals surface area contributed by atoms with Gasteiger partial charge in [-0.2, -0.15) is 0 Å². The van der Waals surface area contributed by atoms with Crippen LogP contribution in [-0.2, 0) is 20.2 Å². The molecule has 1 aliphatic rings. The zero-order valence-electron chi connectivity index (χ0n) is 15.1. The summed E-state index contributed by atoms with van der Waals surface area (Å²) in [6.07, 6.45) is 2.51. The minimum atomic E-state index is -3.90. The molecular weight excluding hydrogens is 382 g/mol. The minimum absolute atomic E-state index is 0.0123. The number of amides is 1. The van der Waals surface area contributed by atoms with Gasteiger partial charge < -0.3 is 5.32 Å². The number of rotatable bonds is 8. The van der Waals surface area contributed by atoms with Crippen molar-refractivity contribution in [1.82, 2.24) is 10.0 Å². The third kappa shape index (κ3) is 4.05. The molecule has 3 rings (SSSR count). The lowest BCUT2D eigenvalue weighted by Gasteiger charge is -2.40. The fraction of sp³-hybridized carbons (Fsp3) is 0.316. The fourth-order valence-electron chi connectivity index (χ4n) is 3.31. The molecular formula is C19H21N3O5S. The molecule has 1 aliphatic carbocycles. The molecule has 2 aromatic rings. The molecule has 0 heterocycles. The highest BCUT2D eigenvalue weighted by Crippen LogP contribution is 2.43. The predicted octanol–water partition coefficient (Wildman–Crippen LogP) is 2.11. The Labute approximate surface area is 163 Å². The lowest BCUT2D eigenvalue weighted by molar-refractivity contribution is -0.385. The van der Waals surface area contributed by atoms with Crippen molar-refractivity contribution in [3.8, 4) is 0 Å². The predicted molar refractivity (Wildman–Crippen MR) is 103 cm³/mol. The topological polar surface area (TPSA) is 118 Å². The summed E-state index contributed by atoms with van der Waals surface area (Å²) < 4.78 is 26.9. The Morgan fingerprint density at radius 1 is 1.07 bits per heavy atom. The van der Waals surface area contributed by atoms with Crippen LogP contribution in [0.5, 0.6) is 0 Å². The number of non-ortho nitro benzene ring substituents is 1. The summed E-state index contributed by atoms with van der Waals surface area (Å²) in [5.41, 5.74) is 0.127. The molecule has 0 radical (unpaired) electrons. The zero-order valence-corrected chi connectivity index (χ0v) is 15.9. The van der Waals surface area contributed by atoms with E-state index in [4.69, 9.17) is 0 Å². The van der Waals surface area contributed by atoms with Gasteiger partial charge in [0.1, 0.15) is 0 Å². The van der Waals surface area contributed by atoms with Gasteiger partial charge in [0, 0.05) is 25.2 Å². The van der Waals surface area contributed by atoms with Gasteiger partial charge in [0.15, 0.2) is 0 Å². The van der Waals surface area contributed by atoms with E-state index in [1.165, 1.54) is 18.2 Å². The van der Waals surface area contributed by atoms with Gasteiger partial charge in [0.05, 0.1) is 15.2 Å². The van der Waals surface area contributed by atoms with Crippen LogP contribution in [0.1, 0.15) is 24.8 Å². The number of nitrogens with one attached hydrogen (secondary N) is 2. The molecule has 1 saturated carbocycles. The lowest BCUT2D eigenvalue weighted by atomic mass is 9.64. The van der Waals surface area contributed by atoms with Gasteiger partial charge in [-0.15, -0.1) is 0 Å². The number of nitro benzene ring substituents is 1. The third-order valence-electron chi connectivity index (χ3n) is 5.01. The van der Waals surface area contributed by atoms with Crippen LogP contribution < -0.4 is 10.0 Å². The normalized spacial score (nSPS) is 15.4. The van der Waals surface area contributed by atoms with Crippen molar-refractivity contribution in [2.24, 2.45) is 0 Å². The van der Waals surface area contributed by atoms with Crippen LogP contribution in [0.25, 0.3) is 0 Å². The first-order valence-electron chi connectivity index (χ1n) is 8.93. The summed E-state index contributed by atoms with van der Waals surface area (Å²) >= 11 is 0. The maximum atomic E-state index is 12.7. The fourth-order valence-corrected chi connectivity index (χ4v) is 4.38. The number of carbonyl (C=O) groups is 1. The average molecular weight is 403 g/mol. The summed E-state index contributed by atoms with van der Waals surface area (Å²) in [5.74, 6) is -0.112. The summed E-state index contributed by atoms with van der Waals surface area (Å²) in [4.78, 5) is 22.7. The standard InChI is InChI=1S/C19H21N3O5S/c23-18(19(10-5-11-19)15-6-2-1-3-7-15)20-12-13-21-28(26,27)17-9-4-8-16(14-17)22(24)25/h1-4,6-9,14,21H,5,10-13H2,(H,20,23). The molecule has 9 heteroatoms. The second-order valence-electron chi connectivity index (χ2n) is 6.71. The van der Waals surface area contributed by atoms with Gasteiger partial charge in [-0.25, -0.2) is 13.1 Å². The van der Waals surface area contributed by atoms with Crippen molar-refractivity contribution in [2.75, 3.05) is 13.1 Å². The second kappa shape index (κ2) is 8.07. The molecule has 0 saturated heterocycles. The van der Waals surface area contributed by atoms with Crippen LogP contribution in [0.15, 0.2) is 59.5 Å². The quantitative estimate of drug-likeness (QED) is 0.398. The lowest BCUT2D eigenvalue weighted by Crippen LogP contribution is -2.50. The summed E-state index contributed by atoms with van der Waals surface area (Å²) in [7, 11) is -3.90. The smallest absolute Gasteiger partial charge is 0.270 e. The molecule has 0 atom stereocenters. The van der Waals surface area contributed by atoms with E-state index in [0.717, 1.165) is 30.9 Å². The molecule has 8 nitrogen and oxygen atoms in total. The SMILES string of the molecule is O=C(NCCNS(=O)(=O)c1cccc([N+](=O)[O-])c1)C1(c2ccccc2)CCC1. The first kappa shape index (κ1) is 20.0. The Kier molecular flexibility index (Phi) is 5.76. The van der Waals surface area contributed by atoms with Crippen LogP contribution in [0.4, 0.5) is 5.69 Å². The van der Waals surface area contributed by atoms with Crippen LogP contribution >= 0.6 is 0 Å². The van der Waals surface area contributed by atoms with Crippen molar-refractivity contribution in [1.29, 1.82) is 0 Å². The van der Waals surface area contributed by atoms with E-state index in [1.807, 2.05) is 30.3 Å². The number of hydrogen-bond acceptors (Lipinski definition) is 5. The number of sulfonamides is 1. The number of nitrogens with zero attached hydrogens (tertiary/aromatic N) is 1. The van der Waals surface area contributed by atoms with Gasteiger partial charge in [-0.3, -0.25) is 14.9 Å². The van der Waals surface area contributed by atoms with Crippen molar-refractivity contribution < 1.29 is 18.1 Å². The van der Waals surface area contributed by atoms with Crippen LogP contribution in [-0.4, -0.2) is 32.3 Å². The number of hydrogen-bond donors (Lipinski definition) is 2. The molecule has 1 fully saturated rings. The molecule has 0 aromatic heterocycles. The van der Waals surface area contributed by atoms with Gasteiger partial charge in [-0.1, -0.05) is 42.8 Å². The van der Waals surface area contributed by atoms with Crippen LogP contribution in [0.2, 0.25) is 0 Å². The highest BCUT2D eigenvalue weighted by atomic mass is 32.2. The molecule has 0 spiro atoms. The van der Waals surface area contributed by atoms with Gasteiger partial charge in [0.2, 0.25) is 15.9 Å². The average Bonchev–Trinajstić information content (AvgIpc) is 2.65. The highest BCUT2D eigenvalue weighted by Gasteiger charge is 2.45. The highest BCUT2D eigenvalue weighted by molar-refractivity contribution is 7.89. The van der Waals surface area contributed by atoms with E-state index >= 15 is 0 Å². The molecule has 28 heavy (non-hydrogen) atoms. The zero-order chi connectivity index (χ0) is 20.2. The maximum absolute atomic E-state index is 12.7. The van der Waals surface area contributed by atoms with Gasteiger partial charge in [-0.05, 0) is 24.5 Å². The van der Waals surface area contributed by atoms with Gasteiger partial charge in [0.25, 0.3) is 5.69 Å². The van der Waals surface area contributed by atoms with E-state index in [0.29, 0.717) is 0 Å². The van der Waals surface area contributed by atoms with Crippen molar-refractivity contribution in [3.05, 3.63) is 70.3 Å². The van der Waals surface area contributed by atoms with Crippen LogP contribution in [0, 0.1) is 10.1 Å².